The molecule has 140 valence electrons. The molecule has 1 amide bonds. The van der Waals surface area contributed by atoms with Gasteiger partial charge in [-0.2, -0.15) is 0 Å². The number of anilines is 1. The summed E-state index contributed by atoms with van der Waals surface area (Å²) in [5.74, 6) is 1.25. The number of carbonyl (C=O) groups is 1. The monoisotopic (exact) mass is 381 g/mol. The fourth-order valence-electron chi connectivity index (χ4n) is 2.73. The van der Waals surface area contributed by atoms with Gasteiger partial charge in [0, 0.05) is 5.69 Å². The fourth-order valence-corrected chi connectivity index (χ4v) is 3.47. The molecule has 0 unspecified atom stereocenters. The number of para-hydroxylation sites is 1. The molecule has 0 radical (unpaired) electrons. The highest BCUT2D eigenvalue weighted by Gasteiger charge is 2.13. The average molecular weight is 382 g/mol. The van der Waals surface area contributed by atoms with Crippen LogP contribution in [-0.2, 0) is 4.79 Å². The van der Waals surface area contributed by atoms with E-state index < -0.39 is 0 Å². The highest BCUT2D eigenvalue weighted by molar-refractivity contribution is 8.00. The topological polar surface area (TPSA) is 74.8 Å². The number of nitrogens with zero attached hydrogens (tertiary/aromatic N) is 1. The van der Waals surface area contributed by atoms with Gasteiger partial charge in [-0.15, -0.1) is 11.8 Å². The Balaban J connectivity index is 1.60. The van der Waals surface area contributed by atoms with Crippen molar-refractivity contribution in [3.63, 3.8) is 0 Å². The summed E-state index contributed by atoms with van der Waals surface area (Å²) in [6, 6.07) is 15.1. The number of hydrogen-bond donors (Lipinski definition) is 2. The number of nitrogens with one attached hydrogen (secondary N) is 2. The normalized spacial score (nSPS) is 12.3. The Morgan fingerprint density at radius 2 is 1.81 bits per heavy atom. The molecule has 0 fully saturated rings. The second kappa shape index (κ2) is 8.39. The van der Waals surface area contributed by atoms with Crippen molar-refractivity contribution in [1.82, 2.24) is 9.97 Å². The Kier molecular flexibility index (Phi) is 5.96. The standard InChI is InChI=1S/C21H23N3O2S/c1-13(2)15-8-10-16(11-9-15)22-19(25)12-27-14(3)20-23-18-7-5-4-6-17(18)21(26)24-20/h4-11,13-14H,12H2,1-3H3,(H,22,25)(H,23,24,26)/t14-/m0/s1. The quantitative estimate of drug-likeness (QED) is 0.660. The van der Waals surface area contributed by atoms with Crippen molar-refractivity contribution < 1.29 is 4.79 Å². The van der Waals surface area contributed by atoms with Gasteiger partial charge >= 0.3 is 0 Å². The average Bonchev–Trinajstić information content (AvgIpc) is 2.66. The van der Waals surface area contributed by atoms with Gasteiger partial charge < -0.3 is 10.3 Å². The molecule has 5 nitrogen and oxygen atoms in total. The third-order valence-electron chi connectivity index (χ3n) is 4.34. The summed E-state index contributed by atoms with van der Waals surface area (Å²) in [7, 11) is 0. The molecule has 0 aliphatic heterocycles. The Hall–Kier alpha value is -2.60. The number of fused-ring (bicyclic) bond motifs is 1. The highest BCUT2D eigenvalue weighted by atomic mass is 32.2. The smallest absolute Gasteiger partial charge is 0.258 e. The van der Waals surface area contributed by atoms with Gasteiger partial charge in [0.2, 0.25) is 5.91 Å². The van der Waals surface area contributed by atoms with Crippen molar-refractivity contribution in [2.45, 2.75) is 31.9 Å². The molecule has 2 aromatic carbocycles. The van der Waals surface area contributed by atoms with E-state index in [1.54, 1.807) is 6.07 Å². The van der Waals surface area contributed by atoms with E-state index in [1.807, 2.05) is 49.4 Å². The van der Waals surface area contributed by atoms with Gasteiger partial charge in [-0.05, 0) is 42.7 Å². The molecule has 6 heteroatoms. The number of carbonyl (C=O) groups excluding carboxylic acids is 1. The summed E-state index contributed by atoms with van der Waals surface area (Å²) >= 11 is 1.44. The summed E-state index contributed by atoms with van der Waals surface area (Å²) in [6.45, 7) is 6.20. The SMILES string of the molecule is CC(C)c1ccc(NC(=O)CS[C@@H](C)c2nc3ccccc3c(=O)[nH]2)cc1. The summed E-state index contributed by atoms with van der Waals surface area (Å²) in [5.41, 5.74) is 2.54. The Morgan fingerprint density at radius 1 is 1.11 bits per heavy atom. The van der Waals surface area contributed by atoms with Crippen LogP contribution >= 0.6 is 11.8 Å². The number of amides is 1. The van der Waals surface area contributed by atoms with Crippen LogP contribution < -0.4 is 10.9 Å². The third kappa shape index (κ3) is 4.77. The largest absolute Gasteiger partial charge is 0.325 e. The second-order valence-corrected chi connectivity index (χ2v) is 8.08. The van der Waals surface area contributed by atoms with Gasteiger partial charge in [-0.1, -0.05) is 38.1 Å². The van der Waals surface area contributed by atoms with E-state index in [-0.39, 0.29) is 22.5 Å². The molecule has 0 saturated heterocycles. The molecule has 0 saturated carbocycles. The highest BCUT2D eigenvalue weighted by Crippen LogP contribution is 2.26. The van der Waals surface area contributed by atoms with Crippen molar-refractivity contribution in [2.75, 3.05) is 11.1 Å². The lowest BCUT2D eigenvalue weighted by atomic mass is 10.0. The molecule has 0 aliphatic rings. The molecular formula is C21H23N3O2S. The van der Waals surface area contributed by atoms with Crippen molar-refractivity contribution >= 4 is 34.3 Å². The number of rotatable bonds is 6. The first-order valence-corrected chi connectivity index (χ1v) is 9.99. The van der Waals surface area contributed by atoms with E-state index in [0.29, 0.717) is 22.6 Å². The number of benzene rings is 2. The first kappa shape index (κ1) is 19.2. The first-order chi connectivity index (χ1) is 12.9. The maximum Gasteiger partial charge on any atom is 0.258 e. The molecule has 0 spiro atoms. The van der Waals surface area contributed by atoms with Crippen molar-refractivity contribution in [3.8, 4) is 0 Å². The van der Waals surface area contributed by atoms with E-state index in [4.69, 9.17) is 0 Å². The van der Waals surface area contributed by atoms with Crippen LogP contribution in [0.1, 0.15) is 43.3 Å². The van der Waals surface area contributed by atoms with Gasteiger partial charge in [-0.3, -0.25) is 9.59 Å². The van der Waals surface area contributed by atoms with Crippen LogP contribution in [0.25, 0.3) is 10.9 Å². The van der Waals surface area contributed by atoms with Gasteiger partial charge in [0.15, 0.2) is 0 Å². The number of thioether (sulfide) groups is 1. The van der Waals surface area contributed by atoms with Crippen LogP contribution in [0.3, 0.4) is 0 Å². The van der Waals surface area contributed by atoms with Gasteiger partial charge in [0.1, 0.15) is 5.82 Å². The minimum Gasteiger partial charge on any atom is -0.325 e. The van der Waals surface area contributed by atoms with Gasteiger partial charge in [-0.25, -0.2) is 4.98 Å². The zero-order valence-electron chi connectivity index (χ0n) is 15.7. The minimum absolute atomic E-state index is 0.0766. The van der Waals surface area contributed by atoms with Crippen LogP contribution in [0, 0.1) is 0 Å². The van der Waals surface area contributed by atoms with Crippen LogP contribution in [0.4, 0.5) is 5.69 Å². The van der Waals surface area contributed by atoms with E-state index in [9.17, 15) is 9.59 Å². The molecule has 0 bridgehead atoms. The summed E-state index contributed by atoms with van der Waals surface area (Å²) in [5, 5.41) is 3.37. The molecular weight excluding hydrogens is 358 g/mol. The van der Waals surface area contributed by atoms with E-state index in [1.165, 1.54) is 17.3 Å². The molecule has 0 aliphatic carbocycles. The molecule has 1 aromatic heterocycles. The van der Waals surface area contributed by atoms with Crippen LogP contribution in [0.2, 0.25) is 0 Å². The zero-order chi connectivity index (χ0) is 19.4. The predicted octanol–water partition coefficient (Wildman–Crippen LogP) is 4.48. The maximum absolute atomic E-state index is 12.2. The number of H-pyrrole nitrogens is 1. The zero-order valence-corrected chi connectivity index (χ0v) is 16.5. The summed E-state index contributed by atoms with van der Waals surface area (Å²) < 4.78 is 0. The fraction of sp³-hybridized carbons (Fsp3) is 0.286. The number of aromatic amines is 1. The lowest BCUT2D eigenvalue weighted by Crippen LogP contribution is -2.16. The number of aromatic nitrogens is 2. The molecule has 27 heavy (non-hydrogen) atoms. The molecule has 1 atom stereocenters. The molecule has 1 heterocycles. The van der Waals surface area contributed by atoms with Crippen molar-refractivity contribution in [1.29, 1.82) is 0 Å². The van der Waals surface area contributed by atoms with Crippen LogP contribution in [0.5, 0.6) is 0 Å². The maximum atomic E-state index is 12.2. The van der Waals surface area contributed by atoms with E-state index >= 15 is 0 Å². The van der Waals surface area contributed by atoms with Gasteiger partial charge in [0.25, 0.3) is 5.56 Å². The second-order valence-electron chi connectivity index (χ2n) is 6.75. The molecule has 3 rings (SSSR count). The van der Waals surface area contributed by atoms with E-state index in [2.05, 4.69) is 29.1 Å². The predicted molar refractivity (Wildman–Crippen MR) is 112 cm³/mol. The Bertz CT molecular complexity index is 996. The number of hydrogen-bond acceptors (Lipinski definition) is 4. The third-order valence-corrected chi connectivity index (χ3v) is 5.49. The Morgan fingerprint density at radius 3 is 2.52 bits per heavy atom. The lowest BCUT2D eigenvalue weighted by molar-refractivity contribution is -0.113. The van der Waals surface area contributed by atoms with Crippen molar-refractivity contribution in [2.24, 2.45) is 0 Å². The van der Waals surface area contributed by atoms with Gasteiger partial charge in [0.05, 0.1) is 21.9 Å². The summed E-state index contributed by atoms with van der Waals surface area (Å²) in [6.07, 6.45) is 0. The molecule has 3 aromatic rings. The Labute approximate surface area is 162 Å². The summed E-state index contributed by atoms with van der Waals surface area (Å²) in [4.78, 5) is 31.7. The van der Waals surface area contributed by atoms with Crippen LogP contribution in [0.15, 0.2) is 53.3 Å². The molecule has 2 N–H and O–H groups in total. The minimum atomic E-state index is -0.155. The van der Waals surface area contributed by atoms with Crippen molar-refractivity contribution in [3.05, 3.63) is 70.3 Å². The first-order valence-electron chi connectivity index (χ1n) is 8.94. The van der Waals surface area contributed by atoms with E-state index in [0.717, 1.165) is 5.69 Å². The van der Waals surface area contributed by atoms with Crippen LogP contribution in [-0.4, -0.2) is 21.6 Å². The lowest BCUT2D eigenvalue weighted by Gasteiger charge is -2.12.